The standard InChI is InChI=1S/C18H27NO4/c20-17(21)14-10-5-3-1-2-4-6-11-15-19-18(22)23-16-12-8-7-9-13-16/h7-9,12-13H,1-6,10-11,14-15H2,(H,19,22)(H,20,21). The van der Waals surface area contributed by atoms with Crippen LogP contribution >= 0.6 is 0 Å². The third kappa shape index (κ3) is 11.2. The van der Waals surface area contributed by atoms with Gasteiger partial charge in [-0.15, -0.1) is 0 Å². The number of hydrogen-bond donors (Lipinski definition) is 2. The number of aliphatic carboxylic acids is 1. The van der Waals surface area contributed by atoms with E-state index in [0.717, 1.165) is 44.9 Å². The van der Waals surface area contributed by atoms with E-state index < -0.39 is 12.1 Å². The number of carbonyl (C=O) groups is 2. The van der Waals surface area contributed by atoms with E-state index in [2.05, 4.69) is 5.32 Å². The lowest BCUT2D eigenvalue weighted by Gasteiger charge is -2.06. The third-order valence-electron chi connectivity index (χ3n) is 3.54. The molecule has 0 saturated heterocycles. The van der Waals surface area contributed by atoms with Crippen LogP contribution in [-0.2, 0) is 4.79 Å². The van der Waals surface area contributed by atoms with E-state index in [-0.39, 0.29) is 6.42 Å². The number of benzene rings is 1. The van der Waals surface area contributed by atoms with Crippen molar-refractivity contribution in [3.63, 3.8) is 0 Å². The normalized spacial score (nSPS) is 10.3. The van der Waals surface area contributed by atoms with Crippen molar-refractivity contribution in [1.82, 2.24) is 5.32 Å². The quantitative estimate of drug-likeness (QED) is 0.560. The summed E-state index contributed by atoms with van der Waals surface area (Å²) in [6.07, 6.45) is 8.26. The molecule has 0 bridgehead atoms. The fourth-order valence-corrected chi connectivity index (χ4v) is 2.28. The molecule has 0 saturated carbocycles. The lowest BCUT2D eigenvalue weighted by Crippen LogP contribution is -2.27. The van der Waals surface area contributed by atoms with Crippen LogP contribution in [0.5, 0.6) is 5.75 Å². The van der Waals surface area contributed by atoms with Gasteiger partial charge in [0, 0.05) is 13.0 Å². The van der Waals surface area contributed by atoms with E-state index in [0.29, 0.717) is 12.3 Å². The van der Waals surface area contributed by atoms with Crippen molar-refractivity contribution in [2.75, 3.05) is 6.54 Å². The molecule has 0 aliphatic carbocycles. The molecule has 1 aromatic rings. The highest BCUT2D eigenvalue weighted by Crippen LogP contribution is 2.10. The van der Waals surface area contributed by atoms with E-state index >= 15 is 0 Å². The van der Waals surface area contributed by atoms with Crippen molar-refractivity contribution in [2.24, 2.45) is 0 Å². The predicted molar refractivity (Wildman–Crippen MR) is 89.7 cm³/mol. The fourth-order valence-electron chi connectivity index (χ4n) is 2.28. The molecule has 1 amide bonds. The minimum atomic E-state index is -0.705. The van der Waals surface area contributed by atoms with Crippen LogP contribution in [0.2, 0.25) is 0 Å². The summed E-state index contributed by atoms with van der Waals surface area (Å²) in [5, 5.41) is 11.3. The van der Waals surface area contributed by atoms with Gasteiger partial charge in [0.1, 0.15) is 5.75 Å². The van der Waals surface area contributed by atoms with Crippen molar-refractivity contribution in [3.8, 4) is 5.75 Å². The number of carboxylic acids is 1. The van der Waals surface area contributed by atoms with E-state index in [4.69, 9.17) is 9.84 Å². The second-order valence-corrected chi connectivity index (χ2v) is 5.60. The number of rotatable bonds is 12. The van der Waals surface area contributed by atoms with Crippen LogP contribution < -0.4 is 10.1 Å². The Kier molecular flexibility index (Phi) is 10.3. The number of amides is 1. The molecule has 1 rings (SSSR count). The number of carboxylic acid groups (broad SMARTS) is 1. The third-order valence-corrected chi connectivity index (χ3v) is 3.54. The van der Waals surface area contributed by atoms with Crippen molar-refractivity contribution >= 4 is 12.1 Å². The zero-order chi connectivity index (χ0) is 16.8. The molecule has 0 atom stereocenters. The van der Waals surface area contributed by atoms with Crippen LogP contribution in [0, 0.1) is 0 Å². The number of para-hydroxylation sites is 1. The molecule has 0 heterocycles. The first-order valence-corrected chi connectivity index (χ1v) is 8.41. The summed E-state index contributed by atoms with van der Waals surface area (Å²) in [5.74, 6) is -0.156. The van der Waals surface area contributed by atoms with Gasteiger partial charge in [0.25, 0.3) is 0 Å². The monoisotopic (exact) mass is 321 g/mol. The molecule has 0 radical (unpaired) electrons. The average molecular weight is 321 g/mol. The number of nitrogens with one attached hydrogen (secondary N) is 1. The van der Waals surface area contributed by atoms with Crippen LogP contribution in [0.1, 0.15) is 57.8 Å². The zero-order valence-corrected chi connectivity index (χ0v) is 13.6. The summed E-state index contributed by atoms with van der Waals surface area (Å²) in [6.45, 7) is 0.629. The average Bonchev–Trinajstić information content (AvgIpc) is 2.53. The first-order chi connectivity index (χ1) is 11.2. The number of ether oxygens (including phenoxy) is 1. The molecule has 0 aliphatic rings. The van der Waals surface area contributed by atoms with E-state index in [9.17, 15) is 9.59 Å². The highest BCUT2D eigenvalue weighted by Gasteiger charge is 2.02. The maximum absolute atomic E-state index is 11.5. The number of carbonyl (C=O) groups excluding carboxylic acids is 1. The van der Waals surface area contributed by atoms with Crippen molar-refractivity contribution in [3.05, 3.63) is 30.3 Å². The maximum Gasteiger partial charge on any atom is 0.412 e. The topological polar surface area (TPSA) is 75.6 Å². The Bertz CT molecular complexity index is 448. The highest BCUT2D eigenvalue weighted by atomic mass is 16.6. The smallest absolute Gasteiger partial charge is 0.412 e. The molecule has 5 heteroatoms. The Morgan fingerprint density at radius 3 is 2.04 bits per heavy atom. The van der Waals surface area contributed by atoms with Gasteiger partial charge in [-0.25, -0.2) is 4.79 Å². The molecule has 23 heavy (non-hydrogen) atoms. The van der Waals surface area contributed by atoms with Gasteiger partial charge in [0.05, 0.1) is 0 Å². The molecule has 0 aliphatic heterocycles. The molecule has 0 aromatic heterocycles. The van der Waals surface area contributed by atoms with Gasteiger partial charge in [-0.3, -0.25) is 4.79 Å². The van der Waals surface area contributed by atoms with E-state index in [1.54, 1.807) is 12.1 Å². The van der Waals surface area contributed by atoms with Gasteiger partial charge in [0.2, 0.25) is 0 Å². The summed E-state index contributed by atoms with van der Waals surface area (Å²) in [6, 6.07) is 9.01. The van der Waals surface area contributed by atoms with Crippen molar-refractivity contribution < 1.29 is 19.4 Å². The minimum absolute atomic E-state index is 0.282. The first-order valence-electron chi connectivity index (χ1n) is 8.41. The summed E-state index contributed by atoms with van der Waals surface area (Å²) in [7, 11) is 0. The molecule has 2 N–H and O–H groups in total. The minimum Gasteiger partial charge on any atom is -0.481 e. The Morgan fingerprint density at radius 2 is 1.43 bits per heavy atom. The van der Waals surface area contributed by atoms with Gasteiger partial charge in [-0.05, 0) is 25.0 Å². The number of hydrogen-bond acceptors (Lipinski definition) is 3. The second-order valence-electron chi connectivity index (χ2n) is 5.60. The summed E-state index contributed by atoms with van der Waals surface area (Å²) in [5.41, 5.74) is 0. The highest BCUT2D eigenvalue weighted by molar-refractivity contribution is 5.70. The second kappa shape index (κ2) is 12.5. The van der Waals surface area contributed by atoms with Gasteiger partial charge in [-0.1, -0.05) is 56.7 Å². The molecular weight excluding hydrogens is 294 g/mol. The van der Waals surface area contributed by atoms with Crippen LogP contribution in [0.15, 0.2) is 30.3 Å². The summed E-state index contributed by atoms with van der Waals surface area (Å²) < 4.78 is 5.12. The van der Waals surface area contributed by atoms with Crippen molar-refractivity contribution in [2.45, 2.75) is 57.8 Å². The first kappa shape index (κ1) is 19.0. The molecular formula is C18H27NO4. The van der Waals surface area contributed by atoms with Crippen LogP contribution in [-0.4, -0.2) is 23.7 Å². The Morgan fingerprint density at radius 1 is 0.870 bits per heavy atom. The summed E-state index contributed by atoms with van der Waals surface area (Å²) in [4.78, 5) is 21.9. The Balaban J connectivity index is 1.86. The molecule has 5 nitrogen and oxygen atoms in total. The van der Waals surface area contributed by atoms with Crippen LogP contribution in [0.3, 0.4) is 0 Å². The SMILES string of the molecule is O=C(O)CCCCCCCCCCNC(=O)Oc1ccccc1. The largest absolute Gasteiger partial charge is 0.481 e. The fraction of sp³-hybridized carbons (Fsp3) is 0.556. The lowest BCUT2D eigenvalue weighted by atomic mass is 10.1. The van der Waals surface area contributed by atoms with Gasteiger partial charge >= 0.3 is 12.1 Å². The predicted octanol–water partition coefficient (Wildman–Crippen LogP) is 4.37. The molecule has 0 spiro atoms. The molecule has 128 valence electrons. The Labute approximate surface area is 138 Å². The molecule has 0 unspecified atom stereocenters. The Hall–Kier alpha value is -2.04. The van der Waals surface area contributed by atoms with Gasteiger partial charge < -0.3 is 15.2 Å². The van der Waals surface area contributed by atoms with E-state index in [1.807, 2.05) is 18.2 Å². The zero-order valence-electron chi connectivity index (χ0n) is 13.6. The van der Waals surface area contributed by atoms with Crippen LogP contribution in [0.4, 0.5) is 4.79 Å². The van der Waals surface area contributed by atoms with Crippen molar-refractivity contribution in [1.29, 1.82) is 0 Å². The lowest BCUT2D eigenvalue weighted by molar-refractivity contribution is -0.137. The summed E-state index contributed by atoms with van der Waals surface area (Å²) >= 11 is 0. The maximum atomic E-state index is 11.5. The van der Waals surface area contributed by atoms with Gasteiger partial charge in [0.15, 0.2) is 0 Å². The number of unbranched alkanes of at least 4 members (excludes halogenated alkanes) is 7. The van der Waals surface area contributed by atoms with Gasteiger partial charge in [-0.2, -0.15) is 0 Å². The molecule has 1 aromatic carbocycles. The van der Waals surface area contributed by atoms with E-state index in [1.165, 1.54) is 6.42 Å². The van der Waals surface area contributed by atoms with Crippen LogP contribution in [0.25, 0.3) is 0 Å². The molecule has 0 fully saturated rings.